The molecule has 0 aliphatic carbocycles. The van der Waals surface area contributed by atoms with Crippen molar-refractivity contribution in [3.05, 3.63) is 90.2 Å². The van der Waals surface area contributed by atoms with Gasteiger partial charge in [0.25, 0.3) is 0 Å². The standard InChI is InChI=1S/C23H22N4O2S/c1-26(2)22(28)20(18-12-7-4-8-13-18)30-23-25-24-21(19-14-9-15-29-19)27(23)16-17-10-5-3-6-11-17/h3-15,20H,16H2,1-2H3. The lowest BCUT2D eigenvalue weighted by Gasteiger charge is -2.20. The average Bonchev–Trinajstić information content (AvgIpc) is 3.43. The molecule has 7 heteroatoms. The Bertz CT molecular complexity index is 1090. The van der Waals surface area contributed by atoms with Crippen LogP contribution in [0, 0.1) is 0 Å². The topological polar surface area (TPSA) is 64.2 Å². The van der Waals surface area contributed by atoms with Gasteiger partial charge in [0.05, 0.1) is 12.8 Å². The lowest BCUT2D eigenvalue weighted by atomic mass is 10.1. The molecule has 0 bridgehead atoms. The largest absolute Gasteiger partial charge is 0.461 e. The molecule has 0 N–H and O–H groups in total. The molecule has 2 aromatic heterocycles. The minimum absolute atomic E-state index is 0.00000900. The molecule has 0 saturated carbocycles. The normalized spacial score (nSPS) is 11.9. The second-order valence-electron chi connectivity index (χ2n) is 7.00. The zero-order chi connectivity index (χ0) is 20.9. The van der Waals surface area contributed by atoms with Crippen molar-refractivity contribution in [2.24, 2.45) is 0 Å². The number of nitrogens with zero attached hydrogens (tertiary/aromatic N) is 4. The smallest absolute Gasteiger partial charge is 0.240 e. The number of rotatable bonds is 7. The fraction of sp³-hybridized carbons (Fsp3) is 0.174. The Balaban J connectivity index is 1.74. The van der Waals surface area contributed by atoms with Crippen LogP contribution in [0.1, 0.15) is 16.4 Å². The monoisotopic (exact) mass is 418 g/mol. The number of benzene rings is 2. The van der Waals surface area contributed by atoms with E-state index in [1.807, 2.05) is 65.2 Å². The molecule has 30 heavy (non-hydrogen) atoms. The highest BCUT2D eigenvalue weighted by molar-refractivity contribution is 8.00. The van der Waals surface area contributed by atoms with Gasteiger partial charge < -0.3 is 9.32 Å². The van der Waals surface area contributed by atoms with Gasteiger partial charge >= 0.3 is 0 Å². The van der Waals surface area contributed by atoms with Gasteiger partial charge in [-0.25, -0.2) is 0 Å². The van der Waals surface area contributed by atoms with Gasteiger partial charge in [0, 0.05) is 14.1 Å². The van der Waals surface area contributed by atoms with E-state index >= 15 is 0 Å². The number of hydrogen-bond acceptors (Lipinski definition) is 5. The van der Waals surface area contributed by atoms with Crippen LogP contribution in [0.3, 0.4) is 0 Å². The molecule has 0 fully saturated rings. The van der Waals surface area contributed by atoms with Crippen molar-refractivity contribution in [1.82, 2.24) is 19.7 Å². The molecule has 1 amide bonds. The van der Waals surface area contributed by atoms with Crippen molar-refractivity contribution >= 4 is 17.7 Å². The Kier molecular flexibility index (Phi) is 5.99. The molecule has 2 aromatic carbocycles. The molecule has 0 radical (unpaired) electrons. The fourth-order valence-corrected chi connectivity index (χ4v) is 4.28. The van der Waals surface area contributed by atoms with Gasteiger partial charge in [-0.1, -0.05) is 72.4 Å². The summed E-state index contributed by atoms with van der Waals surface area (Å²) >= 11 is 1.40. The third kappa shape index (κ3) is 4.31. The van der Waals surface area contributed by atoms with Gasteiger partial charge in [-0.05, 0) is 23.3 Å². The molecule has 6 nitrogen and oxygen atoms in total. The van der Waals surface area contributed by atoms with E-state index < -0.39 is 5.25 Å². The summed E-state index contributed by atoms with van der Waals surface area (Å²) in [6, 6.07) is 23.5. The fourth-order valence-electron chi connectivity index (χ4n) is 3.10. The maximum absolute atomic E-state index is 13.0. The number of carbonyl (C=O) groups excluding carboxylic acids is 1. The highest BCUT2D eigenvalue weighted by Crippen LogP contribution is 2.37. The minimum Gasteiger partial charge on any atom is -0.461 e. The number of furan rings is 1. The summed E-state index contributed by atoms with van der Waals surface area (Å²) in [6.07, 6.45) is 1.62. The highest BCUT2D eigenvalue weighted by atomic mass is 32.2. The Morgan fingerprint density at radius 1 is 1.00 bits per heavy atom. The summed E-state index contributed by atoms with van der Waals surface area (Å²) in [4.78, 5) is 14.6. The van der Waals surface area contributed by atoms with Crippen molar-refractivity contribution in [2.45, 2.75) is 17.0 Å². The van der Waals surface area contributed by atoms with E-state index in [1.165, 1.54) is 11.8 Å². The van der Waals surface area contributed by atoms with Crippen LogP contribution in [-0.4, -0.2) is 39.7 Å². The first kappa shape index (κ1) is 20.0. The van der Waals surface area contributed by atoms with Gasteiger partial charge in [-0.2, -0.15) is 0 Å². The molecular weight excluding hydrogens is 396 g/mol. The van der Waals surface area contributed by atoms with Crippen molar-refractivity contribution < 1.29 is 9.21 Å². The van der Waals surface area contributed by atoms with Gasteiger partial charge in [0.15, 0.2) is 10.9 Å². The summed E-state index contributed by atoms with van der Waals surface area (Å²) in [5.74, 6) is 1.27. The molecule has 4 aromatic rings. The SMILES string of the molecule is CN(C)C(=O)C(Sc1nnc(-c2ccco2)n1Cc1ccccc1)c1ccccc1. The van der Waals surface area contributed by atoms with Crippen LogP contribution in [0.15, 0.2) is 88.6 Å². The summed E-state index contributed by atoms with van der Waals surface area (Å²) in [5.41, 5.74) is 2.04. The molecule has 2 heterocycles. The van der Waals surface area contributed by atoms with Crippen LogP contribution in [-0.2, 0) is 11.3 Å². The van der Waals surface area contributed by atoms with E-state index in [0.29, 0.717) is 23.3 Å². The van der Waals surface area contributed by atoms with Crippen molar-refractivity contribution in [3.63, 3.8) is 0 Å². The van der Waals surface area contributed by atoms with Crippen LogP contribution in [0.4, 0.5) is 0 Å². The van der Waals surface area contributed by atoms with Crippen molar-refractivity contribution in [3.8, 4) is 11.6 Å². The second kappa shape index (κ2) is 9.00. The Hall–Kier alpha value is -3.32. The zero-order valence-electron chi connectivity index (χ0n) is 16.8. The third-order valence-electron chi connectivity index (χ3n) is 4.63. The Morgan fingerprint density at radius 2 is 1.70 bits per heavy atom. The van der Waals surface area contributed by atoms with Gasteiger partial charge in [-0.3, -0.25) is 9.36 Å². The van der Waals surface area contributed by atoms with Crippen molar-refractivity contribution in [2.75, 3.05) is 14.1 Å². The molecule has 1 unspecified atom stereocenters. The molecular formula is C23H22N4O2S. The van der Waals surface area contributed by atoms with E-state index in [4.69, 9.17) is 4.42 Å². The molecule has 1 atom stereocenters. The van der Waals surface area contributed by atoms with Gasteiger partial charge in [-0.15, -0.1) is 10.2 Å². The van der Waals surface area contributed by atoms with E-state index in [1.54, 1.807) is 25.3 Å². The maximum atomic E-state index is 13.0. The minimum atomic E-state index is -0.427. The highest BCUT2D eigenvalue weighted by Gasteiger charge is 2.27. The Morgan fingerprint density at radius 3 is 2.33 bits per heavy atom. The second-order valence-corrected chi connectivity index (χ2v) is 8.07. The van der Waals surface area contributed by atoms with Crippen LogP contribution >= 0.6 is 11.8 Å². The predicted octanol–water partition coefficient (Wildman–Crippen LogP) is 4.51. The van der Waals surface area contributed by atoms with Crippen LogP contribution in [0.25, 0.3) is 11.6 Å². The zero-order valence-corrected chi connectivity index (χ0v) is 17.6. The quantitative estimate of drug-likeness (QED) is 0.413. The first-order valence-corrected chi connectivity index (χ1v) is 10.4. The summed E-state index contributed by atoms with van der Waals surface area (Å²) < 4.78 is 7.58. The van der Waals surface area contributed by atoms with Gasteiger partial charge in [0.2, 0.25) is 11.7 Å². The molecule has 0 aliphatic heterocycles. The number of hydrogen-bond donors (Lipinski definition) is 0. The van der Waals surface area contributed by atoms with Crippen LogP contribution in [0.2, 0.25) is 0 Å². The Labute approximate surface area is 179 Å². The third-order valence-corrected chi connectivity index (χ3v) is 5.85. The summed E-state index contributed by atoms with van der Waals surface area (Å²) in [5, 5.41) is 9.03. The molecule has 0 spiro atoms. The molecule has 0 saturated heterocycles. The maximum Gasteiger partial charge on any atom is 0.240 e. The number of likely N-dealkylation sites (N-methyl/N-ethyl adjacent to an activating group) is 1. The van der Waals surface area contributed by atoms with E-state index in [0.717, 1.165) is 11.1 Å². The lowest BCUT2D eigenvalue weighted by Crippen LogP contribution is -2.27. The predicted molar refractivity (Wildman–Crippen MR) is 117 cm³/mol. The van der Waals surface area contributed by atoms with Crippen molar-refractivity contribution in [1.29, 1.82) is 0 Å². The van der Waals surface area contributed by atoms with E-state index in [2.05, 4.69) is 22.3 Å². The number of amides is 1. The van der Waals surface area contributed by atoms with Crippen LogP contribution in [0.5, 0.6) is 0 Å². The number of aromatic nitrogens is 3. The van der Waals surface area contributed by atoms with E-state index in [9.17, 15) is 4.79 Å². The lowest BCUT2D eigenvalue weighted by molar-refractivity contribution is -0.128. The number of carbonyl (C=O) groups is 1. The van der Waals surface area contributed by atoms with E-state index in [-0.39, 0.29) is 5.91 Å². The molecule has 4 rings (SSSR count). The van der Waals surface area contributed by atoms with Crippen LogP contribution < -0.4 is 0 Å². The first-order valence-electron chi connectivity index (χ1n) is 9.57. The summed E-state index contributed by atoms with van der Waals surface area (Å²) in [6.45, 7) is 0.573. The molecule has 152 valence electrons. The van der Waals surface area contributed by atoms with Gasteiger partial charge in [0.1, 0.15) is 5.25 Å². The first-order chi connectivity index (χ1) is 14.6. The molecule has 0 aliphatic rings. The average molecular weight is 419 g/mol. The number of thioether (sulfide) groups is 1. The summed E-state index contributed by atoms with van der Waals surface area (Å²) in [7, 11) is 3.53.